The van der Waals surface area contributed by atoms with Gasteiger partial charge in [0.25, 0.3) is 10.0 Å². The lowest BCUT2D eigenvalue weighted by Gasteiger charge is -2.20. The molecule has 0 saturated heterocycles. The Morgan fingerprint density at radius 3 is 2.26 bits per heavy atom. The van der Waals surface area contributed by atoms with Crippen LogP contribution in [0.3, 0.4) is 0 Å². The lowest BCUT2D eigenvalue weighted by Crippen LogP contribution is -2.17. The lowest BCUT2D eigenvalue weighted by atomic mass is 10.2. The van der Waals surface area contributed by atoms with Crippen LogP contribution in [-0.2, 0) is 10.0 Å². The third-order valence-electron chi connectivity index (χ3n) is 3.50. The van der Waals surface area contributed by atoms with Crippen LogP contribution in [0.2, 0.25) is 0 Å². The summed E-state index contributed by atoms with van der Waals surface area (Å²) in [7, 11) is -2.16. The van der Waals surface area contributed by atoms with Gasteiger partial charge in [0.05, 0.1) is 17.7 Å². The first kappa shape index (κ1) is 15.5. The minimum Gasteiger partial charge on any atom is -0.497 e. The number of aryl methyl sites for hydroxylation is 1. The van der Waals surface area contributed by atoms with Crippen molar-refractivity contribution in [3.05, 3.63) is 42.0 Å². The average Bonchev–Trinajstić information content (AvgIpc) is 2.55. The largest absolute Gasteiger partial charge is 0.497 e. The van der Waals surface area contributed by atoms with E-state index < -0.39 is 10.0 Å². The van der Waals surface area contributed by atoms with Crippen LogP contribution in [0, 0.1) is 6.92 Å². The summed E-state index contributed by atoms with van der Waals surface area (Å²) in [6, 6.07) is 9.60. The van der Waals surface area contributed by atoms with Crippen molar-refractivity contribution in [2.75, 3.05) is 25.0 Å². The molecule has 0 radical (unpaired) electrons. The van der Waals surface area contributed by atoms with Crippen molar-refractivity contribution in [3.8, 4) is 17.2 Å². The summed E-state index contributed by atoms with van der Waals surface area (Å²) in [6.45, 7) is 2.74. The Balaban J connectivity index is 1.90. The van der Waals surface area contributed by atoms with Gasteiger partial charge in [-0.3, -0.25) is 4.72 Å². The predicted octanol–water partition coefficient (Wildman–Crippen LogP) is 2.58. The summed E-state index contributed by atoms with van der Waals surface area (Å²) >= 11 is 0. The fourth-order valence-electron chi connectivity index (χ4n) is 2.26. The summed E-state index contributed by atoms with van der Waals surface area (Å²) in [5.41, 5.74) is 1.22. The molecule has 0 aliphatic carbocycles. The molecule has 0 atom stereocenters. The van der Waals surface area contributed by atoms with E-state index in [9.17, 15) is 8.42 Å². The molecule has 6 nitrogen and oxygen atoms in total. The molecule has 1 N–H and O–H groups in total. The van der Waals surface area contributed by atoms with Gasteiger partial charge in [0.15, 0.2) is 11.5 Å². The molecule has 0 bridgehead atoms. The van der Waals surface area contributed by atoms with Gasteiger partial charge in [-0.05, 0) is 42.8 Å². The van der Waals surface area contributed by atoms with Gasteiger partial charge in [0.1, 0.15) is 19.0 Å². The van der Waals surface area contributed by atoms with Gasteiger partial charge in [-0.15, -0.1) is 0 Å². The molecule has 122 valence electrons. The number of nitrogens with one attached hydrogen (secondary N) is 1. The van der Waals surface area contributed by atoms with Crippen molar-refractivity contribution in [2.24, 2.45) is 0 Å². The molecule has 2 aromatic rings. The van der Waals surface area contributed by atoms with Crippen molar-refractivity contribution in [1.82, 2.24) is 0 Å². The van der Waals surface area contributed by atoms with E-state index in [-0.39, 0.29) is 4.90 Å². The van der Waals surface area contributed by atoms with Gasteiger partial charge in [-0.25, -0.2) is 8.42 Å². The SMILES string of the molecule is COc1ccc(S(=O)(=O)Nc2cc3c(cc2C)OCCO3)cc1. The fourth-order valence-corrected chi connectivity index (χ4v) is 3.38. The van der Waals surface area contributed by atoms with Gasteiger partial charge in [0.2, 0.25) is 0 Å². The number of anilines is 1. The number of hydrogen-bond acceptors (Lipinski definition) is 5. The van der Waals surface area contributed by atoms with Crippen molar-refractivity contribution in [1.29, 1.82) is 0 Å². The van der Waals surface area contributed by atoms with E-state index in [1.54, 1.807) is 24.3 Å². The highest BCUT2D eigenvalue weighted by Crippen LogP contribution is 2.36. The summed E-state index contributed by atoms with van der Waals surface area (Å²) in [5, 5.41) is 0. The number of ether oxygens (including phenoxy) is 3. The van der Waals surface area contributed by atoms with Gasteiger partial charge in [-0.1, -0.05) is 0 Å². The minimum absolute atomic E-state index is 0.160. The van der Waals surface area contributed by atoms with Crippen LogP contribution < -0.4 is 18.9 Å². The number of sulfonamides is 1. The molecule has 0 amide bonds. The first-order chi connectivity index (χ1) is 11.0. The Labute approximate surface area is 135 Å². The molecular formula is C16H17NO5S. The predicted molar refractivity (Wildman–Crippen MR) is 86.0 cm³/mol. The van der Waals surface area contributed by atoms with E-state index in [2.05, 4.69) is 4.72 Å². The zero-order chi connectivity index (χ0) is 16.4. The smallest absolute Gasteiger partial charge is 0.261 e. The van der Waals surface area contributed by atoms with Crippen LogP contribution in [0.25, 0.3) is 0 Å². The zero-order valence-electron chi connectivity index (χ0n) is 12.8. The Hall–Kier alpha value is -2.41. The molecule has 1 aliphatic heterocycles. The lowest BCUT2D eigenvalue weighted by molar-refractivity contribution is 0.171. The molecular weight excluding hydrogens is 318 g/mol. The molecule has 0 saturated carbocycles. The third kappa shape index (κ3) is 3.19. The maximum absolute atomic E-state index is 12.5. The van der Waals surface area contributed by atoms with Crippen LogP contribution in [0.1, 0.15) is 5.56 Å². The molecule has 3 rings (SSSR count). The standard InChI is InChI=1S/C16H17NO5S/c1-11-9-15-16(22-8-7-21-15)10-14(11)17-23(18,19)13-5-3-12(20-2)4-6-13/h3-6,9-10,17H,7-8H2,1-2H3. The summed E-state index contributed by atoms with van der Waals surface area (Å²) in [5.74, 6) is 1.76. The molecule has 0 fully saturated rings. The second-order valence-corrected chi connectivity index (χ2v) is 6.77. The Morgan fingerprint density at radius 1 is 1.04 bits per heavy atom. The maximum Gasteiger partial charge on any atom is 0.261 e. The average molecular weight is 335 g/mol. The molecule has 0 unspecified atom stereocenters. The van der Waals surface area contributed by atoms with Gasteiger partial charge in [-0.2, -0.15) is 0 Å². The van der Waals surface area contributed by atoms with Crippen LogP contribution in [0.4, 0.5) is 5.69 Å². The number of fused-ring (bicyclic) bond motifs is 1. The molecule has 1 heterocycles. The molecule has 23 heavy (non-hydrogen) atoms. The van der Waals surface area contributed by atoms with Crippen LogP contribution in [0.5, 0.6) is 17.2 Å². The summed E-state index contributed by atoms with van der Waals surface area (Å²) in [6.07, 6.45) is 0. The minimum atomic E-state index is -3.69. The van der Waals surface area contributed by atoms with Crippen LogP contribution >= 0.6 is 0 Å². The fraction of sp³-hybridized carbons (Fsp3) is 0.250. The second-order valence-electron chi connectivity index (χ2n) is 5.09. The monoisotopic (exact) mass is 335 g/mol. The maximum atomic E-state index is 12.5. The van der Waals surface area contributed by atoms with Crippen molar-refractivity contribution >= 4 is 15.7 Å². The number of rotatable bonds is 4. The molecule has 0 aromatic heterocycles. The summed E-state index contributed by atoms with van der Waals surface area (Å²) < 4.78 is 43.6. The van der Waals surface area contributed by atoms with E-state index in [0.29, 0.717) is 36.1 Å². The number of methoxy groups -OCH3 is 1. The zero-order valence-corrected chi connectivity index (χ0v) is 13.6. The van der Waals surface area contributed by atoms with Crippen LogP contribution in [-0.4, -0.2) is 28.7 Å². The first-order valence-corrected chi connectivity index (χ1v) is 8.55. The highest BCUT2D eigenvalue weighted by atomic mass is 32.2. The second kappa shape index (κ2) is 6.00. The van der Waals surface area contributed by atoms with Gasteiger partial charge in [0, 0.05) is 6.07 Å². The van der Waals surface area contributed by atoms with E-state index in [4.69, 9.17) is 14.2 Å². The number of benzene rings is 2. The first-order valence-electron chi connectivity index (χ1n) is 7.07. The van der Waals surface area contributed by atoms with Crippen LogP contribution in [0.15, 0.2) is 41.3 Å². The normalized spacial score (nSPS) is 13.5. The van der Waals surface area contributed by atoms with Crippen molar-refractivity contribution in [2.45, 2.75) is 11.8 Å². The quantitative estimate of drug-likeness (QED) is 0.929. The summed E-state index contributed by atoms with van der Waals surface area (Å²) in [4.78, 5) is 0.160. The van der Waals surface area contributed by atoms with Crippen molar-refractivity contribution < 1.29 is 22.6 Å². The third-order valence-corrected chi connectivity index (χ3v) is 4.88. The van der Waals surface area contributed by atoms with Gasteiger partial charge >= 0.3 is 0 Å². The van der Waals surface area contributed by atoms with E-state index in [1.807, 2.05) is 6.92 Å². The van der Waals surface area contributed by atoms with E-state index >= 15 is 0 Å². The van der Waals surface area contributed by atoms with Crippen molar-refractivity contribution in [3.63, 3.8) is 0 Å². The number of hydrogen-bond donors (Lipinski definition) is 1. The van der Waals surface area contributed by atoms with Gasteiger partial charge < -0.3 is 14.2 Å². The van der Waals surface area contributed by atoms with E-state index in [1.165, 1.54) is 19.2 Å². The topological polar surface area (TPSA) is 73.9 Å². The molecule has 0 spiro atoms. The van der Waals surface area contributed by atoms with E-state index in [0.717, 1.165) is 5.56 Å². The Morgan fingerprint density at radius 2 is 1.65 bits per heavy atom. The molecule has 2 aromatic carbocycles. The highest BCUT2D eigenvalue weighted by molar-refractivity contribution is 7.92. The Bertz CT molecular complexity index is 815. The Kier molecular flexibility index (Phi) is 4.04. The highest BCUT2D eigenvalue weighted by Gasteiger charge is 2.19. The molecule has 7 heteroatoms. The molecule has 1 aliphatic rings.